The molecule has 1 fully saturated rings. The molecule has 1 aliphatic heterocycles. The first-order chi connectivity index (χ1) is 12.1. The van der Waals surface area contributed by atoms with E-state index >= 15 is 0 Å². The fraction of sp³-hybridized carbons (Fsp3) is 0.412. The van der Waals surface area contributed by atoms with Crippen molar-refractivity contribution in [3.8, 4) is 0 Å². The van der Waals surface area contributed by atoms with Gasteiger partial charge in [-0.15, -0.1) is 0 Å². The van der Waals surface area contributed by atoms with Crippen molar-refractivity contribution in [1.82, 2.24) is 19.6 Å². The van der Waals surface area contributed by atoms with E-state index in [9.17, 15) is 9.59 Å². The van der Waals surface area contributed by atoms with Gasteiger partial charge in [-0.05, 0) is 25.0 Å². The number of hydrogen-bond acceptors (Lipinski definition) is 6. The molecule has 3 heterocycles. The van der Waals surface area contributed by atoms with E-state index in [1.165, 1.54) is 4.57 Å². The first-order valence-corrected chi connectivity index (χ1v) is 8.28. The van der Waals surface area contributed by atoms with Gasteiger partial charge in [-0.3, -0.25) is 9.36 Å². The van der Waals surface area contributed by atoms with Crippen molar-refractivity contribution in [3.63, 3.8) is 0 Å². The van der Waals surface area contributed by atoms with Crippen LogP contribution in [-0.4, -0.2) is 38.6 Å². The third-order valence-electron chi connectivity index (χ3n) is 4.55. The van der Waals surface area contributed by atoms with Gasteiger partial charge in [0.05, 0.1) is 5.52 Å². The van der Waals surface area contributed by atoms with Gasteiger partial charge in [0.2, 0.25) is 11.8 Å². The Morgan fingerprint density at radius 3 is 3.00 bits per heavy atom. The lowest BCUT2D eigenvalue weighted by Crippen LogP contribution is -2.42. The number of piperidine rings is 1. The van der Waals surface area contributed by atoms with E-state index in [1.807, 2.05) is 6.07 Å². The van der Waals surface area contributed by atoms with Crippen molar-refractivity contribution < 1.29 is 13.7 Å². The van der Waals surface area contributed by atoms with Crippen LogP contribution in [0.4, 0.5) is 0 Å². The average molecular weight is 342 g/mol. The van der Waals surface area contributed by atoms with E-state index in [-0.39, 0.29) is 18.4 Å². The lowest BCUT2D eigenvalue weighted by molar-refractivity contribution is -0.133. The number of aryl methyl sites for hydroxylation is 1. The molecule has 1 saturated heterocycles. The summed E-state index contributed by atoms with van der Waals surface area (Å²) in [5, 5.41) is 3.97. The highest BCUT2D eigenvalue weighted by molar-refractivity contribution is 5.79. The Labute approximate surface area is 143 Å². The normalized spacial score (nSPS) is 18.0. The molecule has 1 aromatic carbocycles. The lowest BCUT2D eigenvalue weighted by Gasteiger charge is -2.31. The second-order valence-corrected chi connectivity index (χ2v) is 6.27. The molecule has 0 bridgehead atoms. The Balaban J connectivity index is 1.52. The molecule has 130 valence electrons. The first kappa shape index (κ1) is 15.6. The Morgan fingerprint density at radius 2 is 2.20 bits per heavy atom. The SMILES string of the molecule is Cc1nc([C@@H]2CCCN(C(=O)Cn3c(=O)oc4ccccc43)C2)no1. The van der Waals surface area contributed by atoms with Crippen molar-refractivity contribution in [2.24, 2.45) is 0 Å². The molecule has 1 amide bonds. The number of para-hydroxylation sites is 2. The van der Waals surface area contributed by atoms with Crippen LogP contribution in [0.1, 0.15) is 30.5 Å². The summed E-state index contributed by atoms with van der Waals surface area (Å²) in [7, 11) is 0. The predicted molar refractivity (Wildman–Crippen MR) is 88.1 cm³/mol. The maximum atomic E-state index is 12.7. The third kappa shape index (κ3) is 2.95. The second-order valence-electron chi connectivity index (χ2n) is 6.27. The molecule has 8 nitrogen and oxygen atoms in total. The molecule has 0 spiro atoms. The molecular weight excluding hydrogens is 324 g/mol. The van der Waals surface area contributed by atoms with Gasteiger partial charge >= 0.3 is 5.76 Å². The van der Waals surface area contributed by atoms with Gasteiger partial charge in [-0.2, -0.15) is 4.98 Å². The van der Waals surface area contributed by atoms with Crippen molar-refractivity contribution in [2.75, 3.05) is 13.1 Å². The fourth-order valence-corrected chi connectivity index (χ4v) is 3.29. The number of aromatic nitrogens is 3. The zero-order valence-corrected chi connectivity index (χ0v) is 13.8. The average Bonchev–Trinajstić information content (AvgIpc) is 3.19. The molecule has 2 aromatic heterocycles. The highest BCUT2D eigenvalue weighted by Crippen LogP contribution is 2.25. The molecule has 1 atom stereocenters. The van der Waals surface area contributed by atoms with Crippen molar-refractivity contribution in [1.29, 1.82) is 0 Å². The number of nitrogens with zero attached hydrogens (tertiary/aromatic N) is 4. The van der Waals surface area contributed by atoms with Crippen molar-refractivity contribution in [3.05, 3.63) is 46.5 Å². The van der Waals surface area contributed by atoms with Crippen LogP contribution in [0.2, 0.25) is 0 Å². The quantitative estimate of drug-likeness (QED) is 0.719. The monoisotopic (exact) mass is 342 g/mol. The van der Waals surface area contributed by atoms with E-state index < -0.39 is 5.76 Å². The van der Waals surface area contributed by atoms with Crippen LogP contribution in [0.5, 0.6) is 0 Å². The minimum absolute atomic E-state index is 0.0339. The van der Waals surface area contributed by atoms with Gasteiger partial charge in [-0.1, -0.05) is 17.3 Å². The summed E-state index contributed by atoms with van der Waals surface area (Å²) >= 11 is 0. The maximum absolute atomic E-state index is 12.7. The van der Waals surface area contributed by atoms with E-state index in [0.29, 0.717) is 35.9 Å². The summed E-state index contributed by atoms with van der Waals surface area (Å²) in [5.41, 5.74) is 1.11. The molecule has 0 radical (unpaired) electrons. The number of fused-ring (bicyclic) bond motifs is 1. The van der Waals surface area contributed by atoms with Crippen LogP contribution >= 0.6 is 0 Å². The molecule has 3 aromatic rings. The van der Waals surface area contributed by atoms with Gasteiger partial charge in [0, 0.05) is 25.9 Å². The van der Waals surface area contributed by atoms with Gasteiger partial charge in [0.25, 0.3) is 0 Å². The molecular formula is C17H18N4O4. The number of oxazole rings is 1. The Hall–Kier alpha value is -2.90. The van der Waals surface area contributed by atoms with Crippen LogP contribution in [0.15, 0.2) is 38.0 Å². The van der Waals surface area contributed by atoms with Gasteiger partial charge in [0.15, 0.2) is 11.4 Å². The van der Waals surface area contributed by atoms with E-state index in [4.69, 9.17) is 8.94 Å². The topological polar surface area (TPSA) is 94.4 Å². The van der Waals surface area contributed by atoms with Crippen molar-refractivity contribution >= 4 is 17.0 Å². The summed E-state index contributed by atoms with van der Waals surface area (Å²) in [6, 6.07) is 7.09. The largest absolute Gasteiger partial charge is 0.420 e. The number of amides is 1. The van der Waals surface area contributed by atoms with E-state index in [0.717, 1.165) is 12.8 Å². The first-order valence-electron chi connectivity index (χ1n) is 8.28. The van der Waals surface area contributed by atoms with Crippen LogP contribution in [-0.2, 0) is 11.3 Å². The summed E-state index contributed by atoms with van der Waals surface area (Å²) < 4.78 is 11.6. The number of carbonyl (C=O) groups excluding carboxylic acids is 1. The molecule has 25 heavy (non-hydrogen) atoms. The number of likely N-dealkylation sites (tertiary alicyclic amines) is 1. The zero-order valence-electron chi connectivity index (χ0n) is 13.8. The predicted octanol–water partition coefficient (Wildman–Crippen LogP) is 1.69. The Bertz CT molecular complexity index is 970. The highest BCUT2D eigenvalue weighted by Gasteiger charge is 2.28. The molecule has 0 N–H and O–H groups in total. The number of carbonyl (C=O) groups is 1. The Morgan fingerprint density at radius 1 is 1.36 bits per heavy atom. The Kier molecular flexibility index (Phi) is 3.87. The number of benzene rings is 1. The molecule has 8 heteroatoms. The van der Waals surface area contributed by atoms with Crippen LogP contribution < -0.4 is 5.76 Å². The molecule has 0 aliphatic carbocycles. The van der Waals surface area contributed by atoms with E-state index in [2.05, 4.69) is 10.1 Å². The summed E-state index contributed by atoms with van der Waals surface area (Å²) in [4.78, 5) is 30.8. The lowest BCUT2D eigenvalue weighted by atomic mass is 9.97. The fourth-order valence-electron chi connectivity index (χ4n) is 3.29. The third-order valence-corrected chi connectivity index (χ3v) is 4.55. The second kappa shape index (κ2) is 6.19. The van der Waals surface area contributed by atoms with Crippen LogP contribution in [0, 0.1) is 6.92 Å². The minimum Gasteiger partial charge on any atom is -0.408 e. The van der Waals surface area contributed by atoms with Gasteiger partial charge in [0.1, 0.15) is 6.54 Å². The highest BCUT2D eigenvalue weighted by atomic mass is 16.5. The minimum atomic E-state index is -0.517. The van der Waals surface area contributed by atoms with Crippen LogP contribution in [0.25, 0.3) is 11.1 Å². The summed E-state index contributed by atoms with van der Waals surface area (Å²) in [5.74, 6) is 0.597. The molecule has 4 rings (SSSR count). The molecule has 0 saturated carbocycles. The van der Waals surface area contributed by atoms with Gasteiger partial charge in [-0.25, -0.2) is 4.79 Å². The standard InChI is InChI=1S/C17H18N4O4/c1-11-18-16(19-25-11)12-5-4-8-20(9-12)15(22)10-21-13-6-2-3-7-14(13)24-17(21)23/h2-3,6-7,12H,4-5,8-10H2,1H3/t12-/m1/s1. The summed E-state index contributed by atoms with van der Waals surface area (Å²) in [6.07, 6.45) is 1.78. The molecule has 0 unspecified atom stereocenters. The van der Waals surface area contributed by atoms with E-state index in [1.54, 1.807) is 30.0 Å². The maximum Gasteiger partial charge on any atom is 0.420 e. The van der Waals surface area contributed by atoms with Crippen molar-refractivity contribution in [2.45, 2.75) is 32.2 Å². The zero-order chi connectivity index (χ0) is 17.4. The molecule has 1 aliphatic rings. The number of hydrogen-bond donors (Lipinski definition) is 0. The van der Waals surface area contributed by atoms with Crippen LogP contribution in [0.3, 0.4) is 0 Å². The van der Waals surface area contributed by atoms with Gasteiger partial charge < -0.3 is 13.8 Å². The summed E-state index contributed by atoms with van der Waals surface area (Å²) in [6.45, 7) is 2.91. The smallest absolute Gasteiger partial charge is 0.408 e. The number of rotatable bonds is 3.